The molecule has 0 aromatic heterocycles. The quantitative estimate of drug-likeness (QED) is 0.631. The highest BCUT2D eigenvalue weighted by Gasteiger charge is 2.38. The summed E-state index contributed by atoms with van der Waals surface area (Å²) in [6.45, 7) is 2.01. The van der Waals surface area contributed by atoms with E-state index in [1.807, 2.05) is 18.2 Å². The number of carbonyl (C=O) groups excluding carboxylic acids is 2. The van der Waals surface area contributed by atoms with Gasteiger partial charge in [-0.25, -0.2) is 8.42 Å². The van der Waals surface area contributed by atoms with Crippen LogP contribution in [-0.2, 0) is 21.4 Å². The average Bonchev–Trinajstić information content (AvgIpc) is 2.74. The van der Waals surface area contributed by atoms with E-state index in [2.05, 4.69) is 0 Å². The molecule has 1 fully saturated rings. The molecule has 1 saturated heterocycles. The number of ketones is 1. The Kier molecular flexibility index (Phi) is 6.95. The van der Waals surface area contributed by atoms with Gasteiger partial charge in [0, 0.05) is 30.7 Å². The van der Waals surface area contributed by atoms with E-state index in [0.29, 0.717) is 30.0 Å². The average molecular weight is 449 g/mol. The molecule has 3 rings (SSSR count). The van der Waals surface area contributed by atoms with Crippen LogP contribution in [0.2, 0.25) is 5.02 Å². The summed E-state index contributed by atoms with van der Waals surface area (Å²) in [5.74, 6) is -0.385. The summed E-state index contributed by atoms with van der Waals surface area (Å²) in [5.41, 5.74) is 1.25. The first kappa shape index (κ1) is 22.5. The topological polar surface area (TPSA) is 74.8 Å². The molecular formula is C22H25ClN2O4S. The van der Waals surface area contributed by atoms with Gasteiger partial charge >= 0.3 is 0 Å². The highest BCUT2D eigenvalue weighted by Crippen LogP contribution is 2.27. The lowest BCUT2D eigenvalue weighted by Gasteiger charge is -2.36. The Labute approximate surface area is 182 Å². The minimum absolute atomic E-state index is 0.0842. The normalized spacial score (nSPS) is 17.5. The molecule has 1 aliphatic heterocycles. The van der Waals surface area contributed by atoms with Gasteiger partial charge < -0.3 is 4.90 Å². The van der Waals surface area contributed by atoms with E-state index >= 15 is 0 Å². The van der Waals surface area contributed by atoms with E-state index in [9.17, 15) is 18.0 Å². The number of halogens is 1. The van der Waals surface area contributed by atoms with Gasteiger partial charge in [0.1, 0.15) is 6.04 Å². The number of likely N-dealkylation sites (N-methyl/N-ethyl adjacent to an activating group) is 1. The number of rotatable bonds is 6. The fraction of sp³-hybridized carbons (Fsp3) is 0.364. The fourth-order valence-corrected chi connectivity index (χ4v) is 5.50. The van der Waals surface area contributed by atoms with Crippen LogP contribution in [0.25, 0.3) is 0 Å². The molecule has 160 valence electrons. The van der Waals surface area contributed by atoms with Crippen molar-refractivity contribution in [1.82, 2.24) is 9.21 Å². The zero-order valence-electron chi connectivity index (χ0n) is 17.0. The van der Waals surface area contributed by atoms with Crippen LogP contribution in [0.4, 0.5) is 0 Å². The second-order valence-electron chi connectivity index (χ2n) is 7.49. The molecule has 2 aromatic rings. The molecule has 1 heterocycles. The first-order valence-electron chi connectivity index (χ1n) is 9.83. The number of piperidine rings is 1. The SMILES string of the molecule is CC(=O)c1ccc(S(=O)(=O)N2CCCCC2C(=O)N(C)Cc2ccccc2Cl)cc1. The lowest BCUT2D eigenvalue weighted by atomic mass is 10.0. The third kappa shape index (κ3) is 4.74. The van der Waals surface area contributed by atoms with Crippen molar-refractivity contribution < 1.29 is 18.0 Å². The van der Waals surface area contributed by atoms with E-state index < -0.39 is 16.1 Å². The van der Waals surface area contributed by atoms with Gasteiger partial charge in [-0.3, -0.25) is 9.59 Å². The van der Waals surface area contributed by atoms with E-state index in [1.54, 1.807) is 13.1 Å². The predicted molar refractivity (Wildman–Crippen MR) is 116 cm³/mol. The van der Waals surface area contributed by atoms with Gasteiger partial charge in [0.2, 0.25) is 15.9 Å². The first-order chi connectivity index (χ1) is 14.2. The smallest absolute Gasteiger partial charge is 0.243 e. The van der Waals surface area contributed by atoms with Crippen LogP contribution in [-0.4, -0.2) is 48.9 Å². The molecular weight excluding hydrogens is 424 g/mol. The summed E-state index contributed by atoms with van der Waals surface area (Å²) in [7, 11) is -2.21. The standard InChI is InChI=1S/C22H25ClN2O4S/c1-16(26)17-10-12-19(13-11-17)30(28,29)25-14-6-5-9-21(25)22(27)24(2)15-18-7-3-4-8-20(18)23/h3-4,7-8,10-13,21H,5-6,9,14-15H2,1-2H3. The number of carbonyl (C=O) groups is 2. The minimum Gasteiger partial charge on any atom is -0.340 e. The molecule has 0 bridgehead atoms. The molecule has 6 nitrogen and oxygen atoms in total. The first-order valence-corrected chi connectivity index (χ1v) is 11.6. The van der Waals surface area contributed by atoms with Crippen LogP contribution in [0.1, 0.15) is 42.1 Å². The minimum atomic E-state index is -3.86. The Morgan fingerprint density at radius 3 is 2.40 bits per heavy atom. The molecule has 0 saturated carbocycles. The van der Waals surface area contributed by atoms with Gasteiger partial charge in [0.05, 0.1) is 4.90 Å². The highest BCUT2D eigenvalue weighted by molar-refractivity contribution is 7.89. The molecule has 1 aliphatic rings. The van der Waals surface area contributed by atoms with Gasteiger partial charge in [-0.1, -0.05) is 48.4 Å². The summed E-state index contributed by atoms with van der Waals surface area (Å²) in [4.78, 5) is 26.3. The van der Waals surface area contributed by atoms with Gasteiger partial charge in [0.25, 0.3) is 0 Å². The summed E-state index contributed by atoms with van der Waals surface area (Å²) in [6, 6.07) is 12.4. The van der Waals surface area contributed by atoms with Crippen LogP contribution in [0.3, 0.4) is 0 Å². The maximum atomic E-state index is 13.3. The van der Waals surface area contributed by atoms with Crippen molar-refractivity contribution in [2.45, 2.75) is 43.7 Å². The summed E-state index contributed by atoms with van der Waals surface area (Å²) < 4.78 is 27.8. The zero-order chi connectivity index (χ0) is 21.9. The largest absolute Gasteiger partial charge is 0.340 e. The molecule has 0 spiro atoms. The van der Waals surface area contributed by atoms with Gasteiger partial charge in [0.15, 0.2) is 5.78 Å². The molecule has 8 heteroatoms. The number of amides is 1. The number of Topliss-reactive ketones (excluding diaryl/α,β-unsaturated/α-hetero) is 1. The van der Waals surface area contributed by atoms with Crippen molar-refractivity contribution in [2.75, 3.05) is 13.6 Å². The zero-order valence-corrected chi connectivity index (χ0v) is 18.6. The second-order valence-corrected chi connectivity index (χ2v) is 9.79. The molecule has 1 unspecified atom stereocenters. The monoisotopic (exact) mass is 448 g/mol. The van der Waals surface area contributed by atoms with Crippen LogP contribution < -0.4 is 0 Å². The van der Waals surface area contributed by atoms with E-state index in [0.717, 1.165) is 12.0 Å². The molecule has 1 amide bonds. The number of sulfonamides is 1. The molecule has 0 N–H and O–H groups in total. The number of nitrogens with zero attached hydrogens (tertiary/aromatic N) is 2. The van der Waals surface area contributed by atoms with Crippen molar-refractivity contribution in [3.8, 4) is 0 Å². The Morgan fingerprint density at radius 2 is 1.77 bits per heavy atom. The van der Waals surface area contributed by atoms with E-state index in [-0.39, 0.29) is 23.1 Å². The van der Waals surface area contributed by atoms with Crippen molar-refractivity contribution in [3.63, 3.8) is 0 Å². The van der Waals surface area contributed by atoms with Gasteiger partial charge in [-0.15, -0.1) is 0 Å². The second kappa shape index (κ2) is 9.29. The third-order valence-electron chi connectivity index (χ3n) is 5.35. The van der Waals surface area contributed by atoms with E-state index in [1.165, 1.54) is 40.4 Å². The summed E-state index contributed by atoms with van der Waals surface area (Å²) >= 11 is 6.21. The predicted octanol–water partition coefficient (Wildman–Crippen LogP) is 3.74. The van der Waals surface area contributed by atoms with Crippen LogP contribution >= 0.6 is 11.6 Å². The van der Waals surface area contributed by atoms with Gasteiger partial charge in [-0.2, -0.15) is 4.31 Å². The maximum Gasteiger partial charge on any atom is 0.243 e. The number of hydrogen-bond donors (Lipinski definition) is 0. The van der Waals surface area contributed by atoms with Crippen molar-refractivity contribution in [3.05, 3.63) is 64.7 Å². The number of benzene rings is 2. The van der Waals surface area contributed by atoms with Crippen molar-refractivity contribution >= 4 is 33.3 Å². The lowest BCUT2D eigenvalue weighted by molar-refractivity contribution is -0.135. The van der Waals surface area contributed by atoms with Crippen LogP contribution in [0.15, 0.2) is 53.4 Å². The molecule has 0 aliphatic carbocycles. The summed E-state index contributed by atoms with van der Waals surface area (Å²) in [6.07, 6.45) is 1.95. The Hall–Kier alpha value is -2.22. The summed E-state index contributed by atoms with van der Waals surface area (Å²) in [5, 5.41) is 0.566. The Morgan fingerprint density at radius 1 is 1.10 bits per heavy atom. The van der Waals surface area contributed by atoms with Crippen molar-refractivity contribution in [2.24, 2.45) is 0 Å². The molecule has 0 radical (unpaired) electrons. The third-order valence-corrected chi connectivity index (χ3v) is 7.64. The highest BCUT2D eigenvalue weighted by atomic mass is 35.5. The molecule has 30 heavy (non-hydrogen) atoms. The maximum absolute atomic E-state index is 13.3. The number of hydrogen-bond acceptors (Lipinski definition) is 4. The fourth-order valence-electron chi connectivity index (χ4n) is 3.65. The van der Waals surface area contributed by atoms with Crippen molar-refractivity contribution in [1.29, 1.82) is 0 Å². The Balaban J connectivity index is 1.83. The molecule has 2 aromatic carbocycles. The van der Waals surface area contributed by atoms with Gasteiger partial charge in [-0.05, 0) is 43.5 Å². The van der Waals surface area contributed by atoms with Crippen LogP contribution in [0.5, 0.6) is 0 Å². The molecule has 1 atom stereocenters. The Bertz CT molecular complexity index is 1040. The van der Waals surface area contributed by atoms with Crippen LogP contribution in [0, 0.1) is 0 Å². The lowest BCUT2D eigenvalue weighted by Crippen LogP contribution is -2.52. The van der Waals surface area contributed by atoms with E-state index in [4.69, 9.17) is 11.6 Å².